The Morgan fingerprint density at radius 3 is 1.80 bits per heavy atom. The van der Waals surface area contributed by atoms with E-state index in [0.29, 0.717) is 19.1 Å². The van der Waals surface area contributed by atoms with E-state index in [2.05, 4.69) is 0 Å². The Hall–Kier alpha value is 0.500. The third kappa shape index (κ3) is 3.62. The molecule has 0 saturated heterocycles. The molecule has 0 rings (SSSR count). The second kappa shape index (κ2) is 5.19. The maximum absolute atomic E-state index is 5.94. The molecule has 0 bridgehead atoms. The number of methoxy groups -OCH3 is 2. The van der Waals surface area contributed by atoms with Crippen molar-refractivity contribution in [3.63, 3.8) is 0 Å². The molecular formula is C6H12Cl2O2. The lowest BCUT2D eigenvalue weighted by Crippen LogP contribution is -2.34. The van der Waals surface area contributed by atoms with Gasteiger partial charge in [-0.3, -0.25) is 0 Å². The van der Waals surface area contributed by atoms with Crippen LogP contribution in [0.1, 0.15) is 0 Å². The topological polar surface area (TPSA) is 18.5 Å². The van der Waals surface area contributed by atoms with Gasteiger partial charge in [-0.1, -0.05) is 0 Å². The molecule has 10 heavy (non-hydrogen) atoms. The van der Waals surface area contributed by atoms with E-state index in [9.17, 15) is 0 Å². The van der Waals surface area contributed by atoms with Gasteiger partial charge in [0.1, 0.15) is 4.87 Å². The third-order valence-electron chi connectivity index (χ3n) is 1.05. The maximum atomic E-state index is 5.94. The molecule has 4 heteroatoms. The van der Waals surface area contributed by atoms with Crippen molar-refractivity contribution in [3.05, 3.63) is 0 Å². The molecule has 0 N–H and O–H groups in total. The summed E-state index contributed by atoms with van der Waals surface area (Å²) in [7, 11) is 3.17. The monoisotopic (exact) mass is 186 g/mol. The number of rotatable bonds is 5. The summed E-state index contributed by atoms with van der Waals surface area (Å²) < 4.78 is 9.71. The summed E-state index contributed by atoms with van der Waals surface area (Å²) >= 11 is 11.5. The molecule has 0 aliphatic heterocycles. The maximum Gasteiger partial charge on any atom is 0.104 e. The second-order valence-corrected chi connectivity index (χ2v) is 3.22. The van der Waals surface area contributed by atoms with Gasteiger partial charge < -0.3 is 9.47 Å². The molecule has 0 fully saturated rings. The summed E-state index contributed by atoms with van der Waals surface area (Å²) in [6, 6.07) is 0. The highest BCUT2D eigenvalue weighted by Gasteiger charge is 2.25. The van der Waals surface area contributed by atoms with E-state index in [1.54, 1.807) is 14.2 Å². The molecule has 0 radical (unpaired) electrons. The first kappa shape index (κ1) is 10.5. The summed E-state index contributed by atoms with van der Waals surface area (Å²) in [6.45, 7) is 0.817. The average Bonchev–Trinajstić information content (AvgIpc) is 1.89. The Bertz CT molecular complexity index is 81.8. The predicted octanol–water partition coefficient (Wildman–Crippen LogP) is 1.50. The van der Waals surface area contributed by atoms with Crippen LogP contribution in [0.5, 0.6) is 0 Å². The molecule has 0 aromatic carbocycles. The number of hydrogen-bond donors (Lipinski definition) is 0. The van der Waals surface area contributed by atoms with Crippen LogP contribution in [0.2, 0.25) is 0 Å². The zero-order chi connectivity index (χ0) is 8.04. The summed E-state index contributed by atoms with van der Waals surface area (Å²) in [5, 5.41) is 0. The highest BCUT2D eigenvalue weighted by molar-refractivity contribution is 6.31. The first-order chi connectivity index (χ1) is 4.68. The zero-order valence-electron chi connectivity index (χ0n) is 6.19. The fourth-order valence-electron chi connectivity index (χ4n) is 0.636. The normalized spacial score (nSPS) is 12.0. The Balaban J connectivity index is 3.69. The largest absolute Gasteiger partial charge is 0.383 e. The summed E-state index contributed by atoms with van der Waals surface area (Å²) in [5.74, 6) is 0.330. The van der Waals surface area contributed by atoms with Crippen LogP contribution in [0.3, 0.4) is 0 Å². The third-order valence-corrected chi connectivity index (χ3v) is 2.05. The van der Waals surface area contributed by atoms with Crippen molar-refractivity contribution >= 4 is 23.2 Å². The predicted molar refractivity (Wildman–Crippen MR) is 43.1 cm³/mol. The molecule has 2 nitrogen and oxygen atoms in total. The van der Waals surface area contributed by atoms with E-state index >= 15 is 0 Å². The van der Waals surface area contributed by atoms with E-state index in [4.69, 9.17) is 32.7 Å². The first-order valence-corrected chi connectivity index (χ1v) is 3.82. The van der Waals surface area contributed by atoms with Crippen molar-refractivity contribution in [2.24, 2.45) is 0 Å². The fraction of sp³-hybridized carbons (Fsp3) is 1.00. The molecule has 0 atom stereocenters. The van der Waals surface area contributed by atoms with Gasteiger partial charge in [-0.05, 0) is 0 Å². The second-order valence-electron chi connectivity index (χ2n) is 2.15. The molecular weight excluding hydrogens is 175 g/mol. The molecule has 0 aliphatic rings. The summed E-state index contributed by atoms with van der Waals surface area (Å²) in [4.78, 5) is -0.564. The van der Waals surface area contributed by atoms with E-state index in [-0.39, 0.29) is 0 Å². The highest BCUT2D eigenvalue weighted by atomic mass is 35.5. The molecule has 0 aromatic heterocycles. The van der Waals surface area contributed by atoms with E-state index in [0.717, 1.165) is 0 Å². The van der Waals surface area contributed by atoms with Crippen molar-refractivity contribution in [2.75, 3.05) is 33.3 Å². The Morgan fingerprint density at radius 1 is 1.20 bits per heavy atom. The molecule has 0 spiro atoms. The minimum absolute atomic E-state index is 0.330. The molecule has 0 amide bonds. The Kier molecular flexibility index (Phi) is 5.45. The minimum atomic E-state index is -0.564. The van der Waals surface area contributed by atoms with Crippen LogP contribution in [0.4, 0.5) is 0 Å². The molecule has 0 aliphatic carbocycles. The minimum Gasteiger partial charge on any atom is -0.383 e. The lowest BCUT2D eigenvalue weighted by Gasteiger charge is -2.21. The fourth-order valence-corrected chi connectivity index (χ4v) is 1.01. The SMILES string of the molecule is COCC(Cl)(CCl)COC. The first-order valence-electron chi connectivity index (χ1n) is 2.91. The standard InChI is InChI=1S/C6H12Cl2O2/c1-9-4-6(8,3-7)5-10-2/h3-5H2,1-2H3. The number of halogens is 2. The van der Waals surface area contributed by atoms with Crippen molar-refractivity contribution in [3.8, 4) is 0 Å². The van der Waals surface area contributed by atoms with Gasteiger partial charge in [0.25, 0.3) is 0 Å². The van der Waals surface area contributed by atoms with Gasteiger partial charge in [0.15, 0.2) is 0 Å². The zero-order valence-corrected chi connectivity index (χ0v) is 7.71. The van der Waals surface area contributed by atoms with Gasteiger partial charge in [-0.15, -0.1) is 23.2 Å². The van der Waals surface area contributed by atoms with Gasteiger partial charge in [0, 0.05) is 20.1 Å². The van der Waals surface area contributed by atoms with E-state index < -0.39 is 4.87 Å². The van der Waals surface area contributed by atoms with Gasteiger partial charge in [-0.25, -0.2) is 0 Å². The molecule has 0 unspecified atom stereocenters. The summed E-state index contributed by atoms with van der Waals surface area (Å²) in [5.41, 5.74) is 0. The quantitative estimate of drug-likeness (QED) is 0.607. The van der Waals surface area contributed by atoms with Crippen molar-refractivity contribution in [2.45, 2.75) is 4.87 Å². The van der Waals surface area contributed by atoms with Crippen molar-refractivity contribution in [1.82, 2.24) is 0 Å². The Labute approximate surface area is 71.4 Å². The van der Waals surface area contributed by atoms with Crippen LogP contribution in [-0.2, 0) is 9.47 Å². The number of ether oxygens (including phenoxy) is 2. The van der Waals surface area contributed by atoms with Crippen LogP contribution in [0.15, 0.2) is 0 Å². The lowest BCUT2D eigenvalue weighted by atomic mass is 10.2. The van der Waals surface area contributed by atoms with E-state index in [1.807, 2.05) is 0 Å². The van der Waals surface area contributed by atoms with E-state index in [1.165, 1.54) is 0 Å². The molecule has 0 aromatic rings. The number of alkyl halides is 2. The van der Waals surface area contributed by atoms with Gasteiger partial charge >= 0.3 is 0 Å². The van der Waals surface area contributed by atoms with Gasteiger partial charge in [0.05, 0.1) is 13.2 Å². The van der Waals surface area contributed by atoms with Crippen LogP contribution >= 0.6 is 23.2 Å². The van der Waals surface area contributed by atoms with Crippen LogP contribution in [0, 0.1) is 0 Å². The lowest BCUT2D eigenvalue weighted by molar-refractivity contribution is 0.108. The Morgan fingerprint density at radius 2 is 1.60 bits per heavy atom. The molecule has 0 heterocycles. The van der Waals surface area contributed by atoms with Gasteiger partial charge in [0.2, 0.25) is 0 Å². The van der Waals surface area contributed by atoms with Crippen molar-refractivity contribution in [1.29, 1.82) is 0 Å². The van der Waals surface area contributed by atoms with Crippen LogP contribution < -0.4 is 0 Å². The van der Waals surface area contributed by atoms with Gasteiger partial charge in [-0.2, -0.15) is 0 Å². The number of hydrogen-bond acceptors (Lipinski definition) is 2. The van der Waals surface area contributed by atoms with Crippen LogP contribution in [-0.4, -0.2) is 38.2 Å². The van der Waals surface area contributed by atoms with Crippen LogP contribution in [0.25, 0.3) is 0 Å². The molecule has 62 valence electrons. The smallest absolute Gasteiger partial charge is 0.104 e. The summed E-state index contributed by atoms with van der Waals surface area (Å²) in [6.07, 6.45) is 0. The average molecular weight is 187 g/mol. The molecule has 0 saturated carbocycles. The highest BCUT2D eigenvalue weighted by Crippen LogP contribution is 2.17. The van der Waals surface area contributed by atoms with Crippen molar-refractivity contribution < 1.29 is 9.47 Å².